The Balaban J connectivity index is 2.39. The first kappa shape index (κ1) is 7.93. The lowest BCUT2D eigenvalue weighted by molar-refractivity contribution is 0.0690. The molecule has 0 spiro atoms. The third-order valence-electron chi connectivity index (χ3n) is 1.50. The zero-order valence-electron chi connectivity index (χ0n) is 6.39. The molecule has 6 heteroatoms. The first-order chi connectivity index (χ1) is 6.27. The monoisotopic (exact) mass is 195 g/mol. The van der Waals surface area contributed by atoms with E-state index in [1.54, 1.807) is 5.51 Å². The molecule has 0 saturated heterocycles. The Kier molecular flexibility index (Phi) is 1.82. The lowest BCUT2D eigenvalue weighted by Gasteiger charge is -1.83. The van der Waals surface area contributed by atoms with Crippen LogP contribution in [-0.2, 0) is 0 Å². The molecule has 0 unspecified atom stereocenters. The number of rotatable bonds is 2. The van der Waals surface area contributed by atoms with E-state index in [4.69, 9.17) is 5.11 Å². The van der Waals surface area contributed by atoms with Crippen molar-refractivity contribution in [2.45, 2.75) is 0 Å². The van der Waals surface area contributed by atoms with Gasteiger partial charge in [-0.15, -0.1) is 11.3 Å². The highest BCUT2D eigenvalue weighted by molar-refractivity contribution is 7.07. The zero-order chi connectivity index (χ0) is 9.26. The summed E-state index contributed by atoms with van der Waals surface area (Å²) in [7, 11) is 0. The highest BCUT2D eigenvalue weighted by Crippen LogP contribution is 2.16. The molecule has 0 fully saturated rings. The molecular weight excluding hydrogens is 190 g/mol. The molecule has 2 aromatic rings. The molecule has 2 rings (SSSR count). The van der Waals surface area contributed by atoms with E-state index < -0.39 is 5.97 Å². The average molecular weight is 195 g/mol. The first-order valence-electron chi connectivity index (χ1n) is 3.44. The molecule has 13 heavy (non-hydrogen) atoms. The smallest absolute Gasteiger partial charge is 0.353 e. The van der Waals surface area contributed by atoms with Gasteiger partial charge in [0.25, 0.3) is 0 Å². The Morgan fingerprint density at radius 3 is 2.92 bits per heavy atom. The molecule has 0 aliphatic rings. The highest BCUT2D eigenvalue weighted by Gasteiger charge is 2.09. The van der Waals surface area contributed by atoms with Crippen molar-refractivity contribution in [3.63, 3.8) is 0 Å². The molecule has 2 N–H and O–H groups in total. The van der Waals surface area contributed by atoms with E-state index in [2.05, 4.69) is 15.2 Å². The van der Waals surface area contributed by atoms with Crippen LogP contribution in [0.25, 0.3) is 11.4 Å². The van der Waals surface area contributed by atoms with E-state index in [1.165, 1.54) is 17.4 Å². The molecule has 0 amide bonds. The summed E-state index contributed by atoms with van der Waals surface area (Å²) in [6, 6.07) is 1.46. The number of carboxylic acids is 1. The van der Waals surface area contributed by atoms with E-state index in [-0.39, 0.29) is 5.69 Å². The number of H-pyrrole nitrogens is 1. The van der Waals surface area contributed by atoms with Gasteiger partial charge >= 0.3 is 5.97 Å². The minimum Gasteiger partial charge on any atom is -0.477 e. The van der Waals surface area contributed by atoms with E-state index in [1.807, 2.05) is 5.38 Å². The van der Waals surface area contributed by atoms with E-state index in [0.29, 0.717) is 11.4 Å². The number of nitrogens with zero attached hydrogens (tertiary/aromatic N) is 2. The van der Waals surface area contributed by atoms with Gasteiger partial charge in [0.05, 0.1) is 5.51 Å². The van der Waals surface area contributed by atoms with Crippen molar-refractivity contribution in [2.75, 3.05) is 0 Å². The summed E-state index contributed by atoms with van der Waals surface area (Å²) in [6.07, 6.45) is 0. The number of hydrogen-bond donors (Lipinski definition) is 2. The molecule has 0 saturated carbocycles. The van der Waals surface area contributed by atoms with Gasteiger partial charge in [-0.05, 0) is 0 Å². The largest absolute Gasteiger partial charge is 0.477 e. The van der Waals surface area contributed by atoms with Crippen LogP contribution in [0, 0.1) is 0 Å². The van der Waals surface area contributed by atoms with Gasteiger partial charge in [-0.2, -0.15) is 5.10 Å². The third-order valence-corrected chi connectivity index (χ3v) is 2.09. The predicted molar refractivity (Wildman–Crippen MR) is 46.7 cm³/mol. The molecule has 0 aliphatic carbocycles. The Hall–Kier alpha value is -1.69. The molecule has 66 valence electrons. The molecule has 0 aliphatic heterocycles. The van der Waals surface area contributed by atoms with Crippen LogP contribution in [0.1, 0.15) is 10.5 Å². The Labute approximate surface area is 77.1 Å². The Morgan fingerprint density at radius 1 is 1.54 bits per heavy atom. The van der Waals surface area contributed by atoms with Gasteiger partial charge in [-0.25, -0.2) is 9.78 Å². The lowest BCUT2D eigenvalue weighted by atomic mass is 10.3. The lowest BCUT2D eigenvalue weighted by Crippen LogP contribution is -1.95. The van der Waals surface area contributed by atoms with Crippen LogP contribution in [0.5, 0.6) is 0 Å². The molecule has 2 aromatic heterocycles. The molecule has 0 bridgehead atoms. The molecular formula is C7H5N3O2S. The average Bonchev–Trinajstić information content (AvgIpc) is 2.75. The zero-order valence-corrected chi connectivity index (χ0v) is 7.21. The quantitative estimate of drug-likeness (QED) is 0.755. The fourth-order valence-electron chi connectivity index (χ4n) is 0.902. The molecule has 0 radical (unpaired) electrons. The Bertz CT molecular complexity index is 421. The summed E-state index contributed by atoms with van der Waals surface area (Å²) in [5.41, 5.74) is 2.99. The predicted octanol–water partition coefficient (Wildman–Crippen LogP) is 1.23. The van der Waals surface area contributed by atoms with Gasteiger partial charge in [0.15, 0.2) is 0 Å². The number of carboxylic acid groups (broad SMARTS) is 1. The summed E-state index contributed by atoms with van der Waals surface area (Å²) in [4.78, 5) is 14.5. The number of hydrogen-bond acceptors (Lipinski definition) is 4. The van der Waals surface area contributed by atoms with Gasteiger partial charge in [0.1, 0.15) is 17.1 Å². The fourth-order valence-corrected chi connectivity index (χ4v) is 1.45. The number of carbonyl (C=O) groups is 1. The topological polar surface area (TPSA) is 78.9 Å². The van der Waals surface area contributed by atoms with Gasteiger partial charge in [0, 0.05) is 11.4 Å². The second-order valence-corrected chi connectivity index (χ2v) is 3.06. The number of aromatic carboxylic acids is 1. The van der Waals surface area contributed by atoms with Crippen molar-refractivity contribution >= 4 is 17.3 Å². The van der Waals surface area contributed by atoms with Gasteiger partial charge in [-0.1, -0.05) is 0 Å². The highest BCUT2D eigenvalue weighted by atomic mass is 32.1. The van der Waals surface area contributed by atoms with Crippen LogP contribution < -0.4 is 0 Å². The molecule has 0 aromatic carbocycles. The number of aromatic amines is 1. The number of thiazole rings is 1. The SMILES string of the molecule is O=C(O)c1cc(-c2cscn2)n[nH]1. The fraction of sp³-hybridized carbons (Fsp3) is 0. The van der Waals surface area contributed by atoms with Crippen molar-refractivity contribution in [1.82, 2.24) is 15.2 Å². The second kappa shape index (κ2) is 2.98. The number of aromatic nitrogens is 3. The van der Waals surface area contributed by atoms with Gasteiger partial charge < -0.3 is 5.11 Å². The maximum Gasteiger partial charge on any atom is 0.353 e. The van der Waals surface area contributed by atoms with Crippen molar-refractivity contribution in [1.29, 1.82) is 0 Å². The van der Waals surface area contributed by atoms with E-state index in [9.17, 15) is 4.79 Å². The van der Waals surface area contributed by atoms with Crippen LogP contribution >= 0.6 is 11.3 Å². The van der Waals surface area contributed by atoms with Crippen LogP contribution in [0.4, 0.5) is 0 Å². The van der Waals surface area contributed by atoms with Crippen molar-refractivity contribution in [2.24, 2.45) is 0 Å². The molecule has 0 atom stereocenters. The Morgan fingerprint density at radius 2 is 2.38 bits per heavy atom. The summed E-state index contributed by atoms with van der Waals surface area (Å²) in [6.45, 7) is 0. The summed E-state index contributed by atoms with van der Waals surface area (Å²) in [5.74, 6) is -1.02. The summed E-state index contributed by atoms with van der Waals surface area (Å²) >= 11 is 1.44. The minimum absolute atomic E-state index is 0.0722. The van der Waals surface area contributed by atoms with E-state index >= 15 is 0 Å². The van der Waals surface area contributed by atoms with Crippen LogP contribution in [-0.4, -0.2) is 26.3 Å². The van der Waals surface area contributed by atoms with Crippen molar-refractivity contribution in [3.8, 4) is 11.4 Å². The maximum absolute atomic E-state index is 10.5. The maximum atomic E-state index is 10.5. The summed E-state index contributed by atoms with van der Waals surface area (Å²) < 4.78 is 0. The van der Waals surface area contributed by atoms with Gasteiger partial charge in [0.2, 0.25) is 0 Å². The first-order valence-corrected chi connectivity index (χ1v) is 4.39. The van der Waals surface area contributed by atoms with Crippen molar-refractivity contribution in [3.05, 3.63) is 22.7 Å². The normalized spacial score (nSPS) is 10.2. The van der Waals surface area contributed by atoms with E-state index in [0.717, 1.165) is 0 Å². The number of nitrogens with one attached hydrogen (secondary N) is 1. The third kappa shape index (κ3) is 1.43. The standard InChI is InChI=1S/C7H5N3O2S/c11-7(12)5-1-4(9-10-5)6-2-13-3-8-6/h1-3H,(H,9,10)(H,11,12). The molecule has 2 heterocycles. The van der Waals surface area contributed by atoms with Crippen LogP contribution in [0.15, 0.2) is 17.0 Å². The minimum atomic E-state index is -1.02. The van der Waals surface area contributed by atoms with Crippen molar-refractivity contribution < 1.29 is 9.90 Å². The van der Waals surface area contributed by atoms with Gasteiger partial charge in [-0.3, -0.25) is 5.10 Å². The summed E-state index contributed by atoms with van der Waals surface area (Å²) in [5, 5.41) is 16.6. The second-order valence-electron chi connectivity index (χ2n) is 2.35. The van der Waals surface area contributed by atoms with Crippen LogP contribution in [0.3, 0.4) is 0 Å². The van der Waals surface area contributed by atoms with Crippen LogP contribution in [0.2, 0.25) is 0 Å². The molecule has 5 nitrogen and oxygen atoms in total.